The first-order valence-corrected chi connectivity index (χ1v) is 10.6. The Morgan fingerprint density at radius 1 is 1.19 bits per heavy atom. The van der Waals surface area contributed by atoms with Crippen molar-refractivity contribution in [2.75, 3.05) is 44.7 Å². The summed E-state index contributed by atoms with van der Waals surface area (Å²) < 4.78 is 0. The first kappa shape index (κ1) is 18.7. The van der Waals surface area contributed by atoms with Gasteiger partial charge in [0.1, 0.15) is 11.6 Å². The number of aryl methyl sites for hydroxylation is 2. The van der Waals surface area contributed by atoms with Gasteiger partial charge in [-0.05, 0) is 52.0 Å². The highest BCUT2D eigenvalue weighted by atomic mass is 16.2. The molecule has 0 N–H and O–H groups in total. The molecule has 4 rings (SSSR count). The number of nitrogens with zero attached hydrogens (tertiary/aromatic N) is 5. The van der Waals surface area contributed by atoms with E-state index in [1.54, 1.807) is 0 Å². The summed E-state index contributed by atoms with van der Waals surface area (Å²) in [6.07, 6.45) is 6.21. The molecule has 2 saturated heterocycles. The lowest BCUT2D eigenvalue weighted by molar-refractivity contribution is -0.130. The summed E-state index contributed by atoms with van der Waals surface area (Å²) in [6.45, 7) is 8.95. The molecule has 0 aromatic carbocycles. The standard InChI is InChI=1S/C21H33N5O/c1-4-18-13-19(23-16(2)22-18)26-12-11-24(3)21(15-26)8-7-20(27)25(10-9-21)14-17-5-6-17/h13,17H,4-12,14-15H2,1-3H3/t21-/m1/s1. The van der Waals surface area contributed by atoms with Crippen LogP contribution in [0.3, 0.4) is 0 Å². The highest BCUT2D eigenvalue weighted by Crippen LogP contribution is 2.36. The van der Waals surface area contributed by atoms with Gasteiger partial charge in [0.2, 0.25) is 5.91 Å². The molecule has 1 atom stereocenters. The molecule has 1 aromatic heterocycles. The summed E-state index contributed by atoms with van der Waals surface area (Å²) in [5.41, 5.74) is 1.18. The largest absolute Gasteiger partial charge is 0.353 e. The van der Waals surface area contributed by atoms with Crippen LogP contribution in [0.2, 0.25) is 0 Å². The summed E-state index contributed by atoms with van der Waals surface area (Å²) in [4.78, 5) is 29.0. The van der Waals surface area contributed by atoms with Crippen molar-refractivity contribution in [1.82, 2.24) is 19.8 Å². The molecule has 27 heavy (non-hydrogen) atoms. The van der Waals surface area contributed by atoms with Crippen molar-refractivity contribution in [3.05, 3.63) is 17.6 Å². The Morgan fingerprint density at radius 3 is 2.74 bits per heavy atom. The second kappa shape index (κ2) is 7.38. The van der Waals surface area contributed by atoms with Crippen LogP contribution < -0.4 is 4.90 Å². The zero-order valence-electron chi connectivity index (χ0n) is 17.1. The van der Waals surface area contributed by atoms with Crippen molar-refractivity contribution in [3.63, 3.8) is 0 Å². The van der Waals surface area contributed by atoms with Crippen LogP contribution in [0, 0.1) is 12.8 Å². The Kier molecular flexibility index (Phi) is 5.10. The average molecular weight is 372 g/mol. The number of rotatable bonds is 4. The monoisotopic (exact) mass is 371 g/mol. The van der Waals surface area contributed by atoms with Crippen LogP contribution in [0.1, 0.15) is 50.5 Å². The molecule has 1 saturated carbocycles. The lowest BCUT2D eigenvalue weighted by Gasteiger charge is -2.49. The van der Waals surface area contributed by atoms with Gasteiger partial charge in [-0.3, -0.25) is 9.69 Å². The molecule has 1 aliphatic carbocycles. The zero-order chi connectivity index (χ0) is 19.0. The number of anilines is 1. The van der Waals surface area contributed by atoms with E-state index in [2.05, 4.69) is 39.7 Å². The summed E-state index contributed by atoms with van der Waals surface area (Å²) in [5, 5.41) is 0. The Balaban J connectivity index is 1.53. The van der Waals surface area contributed by atoms with Gasteiger partial charge in [0.25, 0.3) is 0 Å². The van der Waals surface area contributed by atoms with E-state index in [9.17, 15) is 4.79 Å². The third kappa shape index (κ3) is 3.96. The fourth-order valence-electron chi connectivity index (χ4n) is 4.65. The van der Waals surface area contributed by atoms with E-state index in [-0.39, 0.29) is 5.54 Å². The molecule has 1 amide bonds. The Hall–Kier alpha value is -1.69. The third-order valence-corrected chi connectivity index (χ3v) is 6.74. The minimum absolute atomic E-state index is 0.0669. The van der Waals surface area contributed by atoms with E-state index in [1.165, 1.54) is 12.8 Å². The van der Waals surface area contributed by atoms with Crippen LogP contribution in [0.15, 0.2) is 6.07 Å². The number of likely N-dealkylation sites (N-methyl/N-ethyl adjacent to an activating group) is 1. The van der Waals surface area contributed by atoms with Crippen LogP contribution in [-0.4, -0.2) is 71.0 Å². The van der Waals surface area contributed by atoms with E-state index in [0.717, 1.165) is 75.2 Å². The average Bonchev–Trinajstić information content (AvgIpc) is 3.49. The van der Waals surface area contributed by atoms with Gasteiger partial charge in [-0.15, -0.1) is 0 Å². The summed E-state index contributed by atoms with van der Waals surface area (Å²) >= 11 is 0. The fraction of sp³-hybridized carbons (Fsp3) is 0.762. The number of hydrogen-bond donors (Lipinski definition) is 0. The van der Waals surface area contributed by atoms with Crippen LogP contribution in [0.5, 0.6) is 0 Å². The molecule has 1 aromatic rings. The molecule has 3 heterocycles. The maximum atomic E-state index is 12.7. The SMILES string of the molecule is CCc1cc(N2CCN(C)[C@@]3(CCC(=O)N(CC4CC4)CC3)C2)nc(C)n1. The fourth-order valence-corrected chi connectivity index (χ4v) is 4.65. The van der Waals surface area contributed by atoms with E-state index in [0.29, 0.717) is 12.3 Å². The van der Waals surface area contributed by atoms with Gasteiger partial charge in [-0.2, -0.15) is 0 Å². The van der Waals surface area contributed by atoms with Gasteiger partial charge in [-0.25, -0.2) is 9.97 Å². The van der Waals surface area contributed by atoms with Crippen LogP contribution in [0.4, 0.5) is 5.82 Å². The van der Waals surface area contributed by atoms with E-state index in [4.69, 9.17) is 4.98 Å². The molecule has 3 fully saturated rings. The van der Waals surface area contributed by atoms with Crippen molar-refractivity contribution in [2.45, 2.75) is 57.9 Å². The smallest absolute Gasteiger partial charge is 0.222 e. The lowest BCUT2D eigenvalue weighted by atomic mass is 9.86. The summed E-state index contributed by atoms with van der Waals surface area (Å²) in [5.74, 6) is 3.02. The minimum Gasteiger partial charge on any atom is -0.353 e. The number of likely N-dealkylation sites (tertiary alicyclic amines) is 1. The number of aromatic nitrogens is 2. The molecule has 0 radical (unpaired) electrons. The Morgan fingerprint density at radius 2 is 2.00 bits per heavy atom. The molecule has 2 aliphatic heterocycles. The summed E-state index contributed by atoms with van der Waals surface area (Å²) in [6, 6.07) is 2.15. The van der Waals surface area contributed by atoms with Crippen LogP contribution >= 0.6 is 0 Å². The predicted molar refractivity (Wildman–Crippen MR) is 107 cm³/mol. The molecular formula is C21H33N5O. The molecule has 148 valence electrons. The molecule has 0 unspecified atom stereocenters. The topological polar surface area (TPSA) is 52.6 Å². The van der Waals surface area contributed by atoms with Crippen molar-refractivity contribution in [3.8, 4) is 0 Å². The van der Waals surface area contributed by atoms with E-state index < -0.39 is 0 Å². The second-order valence-electron chi connectivity index (χ2n) is 8.72. The van der Waals surface area contributed by atoms with Gasteiger partial charge < -0.3 is 9.80 Å². The maximum Gasteiger partial charge on any atom is 0.222 e. The number of carbonyl (C=O) groups is 1. The lowest BCUT2D eigenvalue weighted by Crippen LogP contribution is -2.61. The van der Waals surface area contributed by atoms with E-state index >= 15 is 0 Å². The second-order valence-corrected chi connectivity index (χ2v) is 8.72. The summed E-state index contributed by atoms with van der Waals surface area (Å²) in [7, 11) is 2.24. The molecule has 6 nitrogen and oxygen atoms in total. The molecule has 0 bridgehead atoms. The third-order valence-electron chi connectivity index (χ3n) is 6.74. The first-order chi connectivity index (χ1) is 13.0. The Bertz CT molecular complexity index is 704. The zero-order valence-corrected chi connectivity index (χ0v) is 17.1. The molecule has 6 heteroatoms. The number of carbonyl (C=O) groups excluding carboxylic acids is 1. The highest BCUT2D eigenvalue weighted by molar-refractivity contribution is 5.76. The molecule has 1 spiro atoms. The van der Waals surface area contributed by atoms with Crippen LogP contribution in [-0.2, 0) is 11.2 Å². The van der Waals surface area contributed by atoms with Gasteiger partial charge >= 0.3 is 0 Å². The van der Waals surface area contributed by atoms with E-state index in [1.807, 2.05) is 6.92 Å². The maximum absolute atomic E-state index is 12.7. The normalized spacial score (nSPS) is 27.3. The van der Waals surface area contributed by atoms with Crippen molar-refractivity contribution in [2.24, 2.45) is 5.92 Å². The first-order valence-electron chi connectivity index (χ1n) is 10.6. The highest BCUT2D eigenvalue weighted by Gasteiger charge is 2.43. The van der Waals surface area contributed by atoms with Gasteiger partial charge in [-0.1, -0.05) is 6.92 Å². The number of piperazine rings is 1. The molecule has 3 aliphatic rings. The van der Waals surface area contributed by atoms with Crippen molar-refractivity contribution >= 4 is 11.7 Å². The quantitative estimate of drug-likeness (QED) is 0.813. The van der Waals surface area contributed by atoms with Gasteiger partial charge in [0, 0.05) is 56.4 Å². The number of amides is 1. The van der Waals surface area contributed by atoms with Crippen molar-refractivity contribution in [1.29, 1.82) is 0 Å². The van der Waals surface area contributed by atoms with Crippen LogP contribution in [0.25, 0.3) is 0 Å². The van der Waals surface area contributed by atoms with Gasteiger partial charge in [0.05, 0.1) is 0 Å². The van der Waals surface area contributed by atoms with Crippen molar-refractivity contribution < 1.29 is 4.79 Å². The molecular weight excluding hydrogens is 338 g/mol. The van der Waals surface area contributed by atoms with Gasteiger partial charge in [0.15, 0.2) is 0 Å². The minimum atomic E-state index is 0.0669. The predicted octanol–water partition coefficient (Wildman–Crippen LogP) is 2.26. The number of hydrogen-bond acceptors (Lipinski definition) is 5. The Labute approximate surface area is 162 Å².